The molecule has 0 aromatic heterocycles. The second-order valence-corrected chi connectivity index (χ2v) is 7.13. The lowest BCUT2D eigenvalue weighted by Crippen LogP contribution is -2.02. The molecule has 0 fully saturated rings. The first-order valence-electron chi connectivity index (χ1n) is 9.68. The standard InChI is InChI=1S/C13H10O2.C13H10O/c14-11-5-3-7-13-10(11)8-9-4-1-2-6-12(9)15-13;1-3-7-12-10(5-1)9-11-6-2-4-8-13(11)14-12/h1-7,14H,8H2;1-8H,9H2. The number of phenols is 1. The summed E-state index contributed by atoms with van der Waals surface area (Å²) < 4.78 is 11.5. The zero-order valence-electron chi connectivity index (χ0n) is 15.8. The molecule has 0 amide bonds. The van der Waals surface area contributed by atoms with Gasteiger partial charge in [0.15, 0.2) is 0 Å². The van der Waals surface area contributed by atoms with E-state index in [0.717, 1.165) is 47.0 Å². The van der Waals surface area contributed by atoms with E-state index in [1.165, 1.54) is 11.1 Å². The van der Waals surface area contributed by atoms with E-state index in [-0.39, 0.29) is 0 Å². The zero-order valence-corrected chi connectivity index (χ0v) is 15.8. The molecule has 6 rings (SSSR count). The van der Waals surface area contributed by atoms with Crippen LogP contribution in [-0.4, -0.2) is 5.11 Å². The third kappa shape index (κ3) is 3.43. The molecule has 0 spiro atoms. The Balaban J connectivity index is 0.000000125. The Morgan fingerprint density at radius 2 is 0.931 bits per heavy atom. The normalized spacial score (nSPS) is 12.6. The third-order valence-electron chi connectivity index (χ3n) is 5.21. The highest BCUT2D eigenvalue weighted by Crippen LogP contribution is 2.40. The number of para-hydroxylation sites is 3. The summed E-state index contributed by atoms with van der Waals surface area (Å²) in [5, 5.41) is 9.70. The molecule has 0 saturated heterocycles. The topological polar surface area (TPSA) is 38.7 Å². The Morgan fingerprint density at radius 3 is 1.52 bits per heavy atom. The summed E-state index contributed by atoms with van der Waals surface area (Å²) >= 11 is 0. The van der Waals surface area contributed by atoms with Gasteiger partial charge in [-0.3, -0.25) is 0 Å². The van der Waals surface area contributed by atoms with Crippen LogP contribution in [0.15, 0.2) is 91.0 Å². The molecule has 29 heavy (non-hydrogen) atoms. The van der Waals surface area contributed by atoms with Crippen LogP contribution in [0.4, 0.5) is 0 Å². The molecule has 1 N–H and O–H groups in total. The van der Waals surface area contributed by atoms with Gasteiger partial charge in [0.2, 0.25) is 0 Å². The molecule has 4 aromatic rings. The minimum atomic E-state index is 0.307. The lowest BCUT2D eigenvalue weighted by atomic mass is 10.00. The van der Waals surface area contributed by atoms with Crippen molar-refractivity contribution in [3.05, 3.63) is 113 Å². The minimum Gasteiger partial charge on any atom is -0.508 e. The predicted molar refractivity (Wildman–Crippen MR) is 113 cm³/mol. The summed E-state index contributed by atoms with van der Waals surface area (Å²) in [5.74, 6) is 3.93. The van der Waals surface area contributed by atoms with Crippen LogP contribution in [0, 0.1) is 0 Å². The molecule has 4 aromatic carbocycles. The van der Waals surface area contributed by atoms with Gasteiger partial charge >= 0.3 is 0 Å². The molecule has 0 atom stereocenters. The average molecular weight is 380 g/mol. The lowest BCUT2D eigenvalue weighted by molar-refractivity contribution is 0.432. The van der Waals surface area contributed by atoms with Gasteiger partial charge in [0.05, 0.1) is 0 Å². The summed E-state index contributed by atoms with van der Waals surface area (Å²) in [6.45, 7) is 0. The van der Waals surface area contributed by atoms with Crippen molar-refractivity contribution in [2.75, 3.05) is 0 Å². The van der Waals surface area contributed by atoms with Crippen molar-refractivity contribution in [2.24, 2.45) is 0 Å². The van der Waals surface area contributed by atoms with Gasteiger partial charge in [0.25, 0.3) is 0 Å². The molecule has 0 saturated carbocycles. The molecule has 0 radical (unpaired) electrons. The summed E-state index contributed by atoms with van der Waals surface area (Å²) in [5.41, 5.74) is 4.53. The van der Waals surface area contributed by atoms with Crippen molar-refractivity contribution in [3.63, 3.8) is 0 Å². The maximum absolute atomic E-state index is 9.70. The Bertz CT molecular complexity index is 1090. The van der Waals surface area contributed by atoms with Crippen molar-refractivity contribution in [1.29, 1.82) is 0 Å². The van der Waals surface area contributed by atoms with Crippen molar-refractivity contribution in [2.45, 2.75) is 12.8 Å². The van der Waals surface area contributed by atoms with Crippen LogP contribution in [0.25, 0.3) is 0 Å². The molecule has 3 heteroatoms. The fraction of sp³-hybridized carbons (Fsp3) is 0.0769. The molecule has 0 unspecified atom stereocenters. The van der Waals surface area contributed by atoms with E-state index in [9.17, 15) is 5.11 Å². The predicted octanol–water partition coefficient (Wildman–Crippen LogP) is 6.47. The van der Waals surface area contributed by atoms with E-state index >= 15 is 0 Å². The molecule has 2 heterocycles. The summed E-state index contributed by atoms with van der Waals surface area (Å²) in [7, 11) is 0. The van der Waals surface area contributed by atoms with E-state index in [2.05, 4.69) is 24.3 Å². The van der Waals surface area contributed by atoms with Crippen molar-refractivity contribution < 1.29 is 14.6 Å². The molecule has 0 aliphatic carbocycles. The van der Waals surface area contributed by atoms with Crippen LogP contribution in [0.2, 0.25) is 0 Å². The lowest BCUT2D eigenvalue weighted by Gasteiger charge is -2.20. The first-order valence-corrected chi connectivity index (χ1v) is 9.68. The Labute approximate surface area is 169 Å². The average Bonchev–Trinajstić information content (AvgIpc) is 2.77. The molecule has 142 valence electrons. The number of rotatable bonds is 0. The molecule has 2 aliphatic rings. The number of benzene rings is 4. The fourth-order valence-electron chi connectivity index (χ4n) is 3.71. The summed E-state index contributed by atoms with van der Waals surface area (Å²) in [6.07, 6.45) is 1.71. The highest BCUT2D eigenvalue weighted by Gasteiger charge is 2.18. The van der Waals surface area contributed by atoms with E-state index < -0.39 is 0 Å². The van der Waals surface area contributed by atoms with Gasteiger partial charge in [-0.05, 0) is 47.0 Å². The van der Waals surface area contributed by atoms with Gasteiger partial charge in [-0.2, -0.15) is 0 Å². The highest BCUT2D eigenvalue weighted by atomic mass is 16.5. The third-order valence-corrected chi connectivity index (χ3v) is 5.21. The van der Waals surface area contributed by atoms with E-state index in [0.29, 0.717) is 5.75 Å². The smallest absolute Gasteiger partial charge is 0.134 e. The van der Waals surface area contributed by atoms with Crippen LogP contribution >= 0.6 is 0 Å². The monoisotopic (exact) mass is 380 g/mol. The molecular weight excluding hydrogens is 360 g/mol. The second kappa shape index (κ2) is 7.36. The highest BCUT2D eigenvalue weighted by molar-refractivity contribution is 5.54. The van der Waals surface area contributed by atoms with E-state index in [1.807, 2.05) is 54.6 Å². The quantitative estimate of drug-likeness (QED) is 0.328. The van der Waals surface area contributed by atoms with E-state index in [1.54, 1.807) is 12.1 Å². The number of hydrogen-bond acceptors (Lipinski definition) is 3. The Morgan fingerprint density at radius 1 is 0.483 bits per heavy atom. The van der Waals surface area contributed by atoms with Crippen LogP contribution in [-0.2, 0) is 12.8 Å². The second-order valence-electron chi connectivity index (χ2n) is 7.13. The SMILES string of the molecule is Oc1cccc2c1Cc1ccccc1O2.c1ccc2c(c1)Cc1ccccc1O2. The Kier molecular flexibility index (Phi) is 4.41. The number of fused-ring (bicyclic) bond motifs is 4. The van der Waals surface area contributed by atoms with Gasteiger partial charge < -0.3 is 14.6 Å². The molecular formula is C26H20O3. The summed E-state index contributed by atoms with van der Waals surface area (Å²) in [6, 6.07) is 29.6. The first kappa shape index (κ1) is 17.4. The van der Waals surface area contributed by atoms with Crippen LogP contribution < -0.4 is 9.47 Å². The summed E-state index contributed by atoms with van der Waals surface area (Å²) in [4.78, 5) is 0. The number of ether oxygens (including phenoxy) is 2. The first-order chi connectivity index (χ1) is 14.3. The largest absolute Gasteiger partial charge is 0.508 e. The van der Waals surface area contributed by atoms with Gasteiger partial charge in [0, 0.05) is 18.4 Å². The van der Waals surface area contributed by atoms with Gasteiger partial charge in [-0.1, -0.05) is 60.7 Å². The number of hydrogen-bond donors (Lipinski definition) is 1. The number of phenolic OH excluding ortho intramolecular Hbond substituents is 1. The van der Waals surface area contributed by atoms with Crippen LogP contribution in [0.5, 0.6) is 28.7 Å². The van der Waals surface area contributed by atoms with Crippen LogP contribution in [0.1, 0.15) is 22.3 Å². The van der Waals surface area contributed by atoms with E-state index in [4.69, 9.17) is 9.47 Å². The maximum atomic E-state index is 9.70. The molecule has 3 nitrogen and oxygen atoms in total. The van der Waals surface area contributed by atoms with Gasteiger partial charge in [0.1, 0.15) is 28.7 Å². The molecule has 0 bridgehead atoms. The van der Waals surface area contributed by atoms with Crippen molar-refractivity contribution in [3.8, 4) is 28.7 Å². The van der Waals surface area contributed by atoms with Crippen LogP contribution in [0.3, 0.4) is 0 Å². The van der Waals surface area contributed by atoms with Crippen molar-refractivity contribution in [1.82, 2.24) is 0 Å². The van der Waals surface area contributed by atoms with Gasteiger partial charge in [-0.25, -0.2) is 0 Å². The maximum Gasteiger partial charge on any atom is 0.134 e. The fourth-order valence-corrected chi connectivity index (χ4v) is 3.71. The van der Waals surface area contributed by atoms with Gasteiger partial charge in [-0.15, -0.1) is 0 Å². The zero-order chi connectivity index (χ0) is 19.6. The van der Waals surface area contributed by atoms with Crippen molar-refractivity contribution >= 4 is 0 Å². The Hall–Kier alpha value is -3.72. The minimum absolute atomic E-state index is 0.307. The molecule has 2 aliphatic heterocycles. The number of aromatic hydroxyl groups is 1.